The van der Waals surface area contributed by atoms with Gasteiger partial charge in [-0.2, -0.15) is 18.3 Å². The third-order valence-corrected chi connectivity index (χ3v) is 3.79. The Bertz CT molecular complexity index is 1010. The molecule has 0 bridgehead atoms. The number of carbonyl (C=O) groups is 1. The van der Waals surface area contributed by atoms with Crippen molar-refractivity contribution in [3.8, 4) is 5.69 Å². The quantitative estimate of drug-likeness (QED) is 0.266. The summed E-state index contributed by atoms with van der Waals surface area (Å²) < 4.78 is 54.0. The molecule has 10 heteroatoms. The van der Waals surface area contributed by atoms with Gasteiger partial charge in [0.05, 0.1) is 18.1 Å². The van der Waals surface area contributed by atoms with Gasteiger partial charge in [-0.1, -0.05) is 28.9 Å². The molecule has 3 rings (SSSR count). The van der Waals surface area contributed by atoms with E-state index in [2.05, 4.69) is 15.1 Å². The molecule has 2 aromatic carbocycles. The smallest absolute Gasteiger partial charge is 0.313 e. The average molecular weight is 412 g/mol. The molecule has 0 radical (unpaired) electrons. The first-order chi connectivity index (χ1) is 13.3. The van der Waals surface area contributed by atoms with Crippen LogP contribution in [0.4, 0.5) is 17.6 Å². The Labute approximate surface area is 160 Å². The topological polar surface area (TPSA) is 56.5 Å². The van der Waals surface area contributed by atoms with Crippen LogP contribution in [0.1, 0.15) is 21.6 Å². The number of hydrogen-bond acceptors (Lipinski definition) is 4. The number of hydrogen-bond donors (Lipinski definition) is 0. The van der Waals surface area contributed by atoms with Gasteiger partial charge < -0.3 is 4.84 Å². The van der Waals surface area contributed by atoms with Crippen LogP contribution in [0.2, 0.25) is 5.02 Å². The highest BCUT2D eigenvalue weighted by atomic mass is 35.5. The Hall–Kier alpha value is -3.20. The summed E-state index contributed by atoms with van der Waals surface area (Å²) in [6, 6.07) is 10.5. The Balaban J connectivity index is 1.87. The lowest BCUT2D eigenvalue weighted by molar-refractivity contribution is -0.143. The van der Waals surface area contributed by atoms with Gasteiger partial charge in [0, 0.05) is 5.02 Å². The molecule has 0 atom stereocenters. The fourth-order valence-electron chi connectivity index (χ4n) is 2.28. The third-order valence-electron chi connectivity index (χ3n) is 3.54. The van der Waals surface area contributed by atoms with Crippen molar-refractivity contribution in [1.82, 2.24) is 9.78 Å². The monoisotopic (exact) mass is 411 g/mol. The second kappa shape index (κ2) is 7.81. The van der Waals surface area contributed by atoms with Gasteiger partial charge in [-0.25, -0.2) is 13.9 Å². The molecule has 1 aromatic heterocycles. The first-order valence-corrected chi connectivity index (χ1v) is 8.05. The van der Waals surface area contributed by atoms with Crippen molar-refractivity contribution in [2.24, 2.45) is 5.16 Å². The lowest BCUT2D eigenvalue weighted by Crippen LogP contribution is -2.18. The molecule has 0 N–H and O–H groups in total. The summed E-state index contributed by atoms with van der Waals surface area (Å²) in [5, 5.41) is 7.32. The molecule has 0 aliphatic carbocycles. The van der Waals surface area contributed by atoms with E-state index in [1.165, 1.54) is 36.4 Å². The van der Waals surface area contributed by atoms with Crippen LogP contribution in [0.15, 0.2) is 59.9 Å². The zero-order valence-electron chi connectivity index (χ0n) is 13.8. The first kappa shape index (κ1) is 19.6. The number of benzene rings is 2. The van der Waals surface area contributed by atoms with Crippen molar-refractivity contribution in [3.05, 3.63) is 82.4 Å². The normalized spacial score (nSPS) is 11.8. The van der Waals surface area contributed by atoms with Gasteiger partial charge in [0.1, 0.15) is 11.4 Å². The summed E-state index contributed by atoms with van der Waals surface area (Å²) >= 11 is 5.74. The summed E-state index contributed by atoms with van der Waals surface area (Å²) in [5.41, 5.74) is -1.66. The predicted molar refractivity (Wildman–Crippen MR) is 93.0 cm³/mol. The maximum absolute atomic E-state index is 13.5. The molecule has 0 spiro atoms. The zero-order chi connectivity index (χ0) is 20.3. The highest BCUT2D eigenvalue weighted by Crippen LogP contribution is 2.34. The van der Waals surface area contributed by atoms with Crippen LogP contribution in [0.25, 0.3) is 5.69 Å². The fraction of sp³-hybridized carbons (Fsp3) is 0.0556. The van der Waals surface area contributed by atoms with Crippen molar-refractivity contribution in [2.75, 3.05) is 0 Å². The molecular weight excluding hydrogens is 402 g/mol. The van der Waals surface area contributed by atoms with Crippen molar-refractivity contribution >= 4 is 23.8 Å². The van der Waals surface area contributed by atoms with Crippen molar-refractivity contribution in [3.63, 3.8) is 0 Å². The SMILES string of the molecule is O=C(ON=Cc1ccc(F)cc1)c1cnn(-c2ccc(Cl)cc2)c1C(F)(F)F. The number of rotatable bonds is 4. The molecule has 0 saturated heterocycles. The van der Waals surface area contributed by atoms with Gasteiger partial charge >= 0.3 is 12.1 Å². The highest BCUT2D eigenvalue weighted by Gasteiger charge is 2.41. The largest absolute Gasteiger partial charge is 0.434 e. The van der Waals surface area contributed by atoms with E-state index >= 15 is 0 Å². The fourth-order valence-corrected chi connectivity index (χ4v) is 2.41. The molecule has 0 fully saturated rings. The summed E-state index contributed by atoms with van der Waals surface area (Å²) in [4.78, 5) is 16.6. The lowest BCUT2D eigenvalue weighted by Gasteiger charge is -2.11. The molecule has 0 aliphatic rings. The molecule has 0 saturated carbocycles. The number of carbonyl (C=O) groups excluding carboxylic acids is 1. The summed E-state index contributed by atoms with van der Waals surface area (Å²) in [6.45, 7) is 0. The van der Waals surface area contributed by atoms with E-state index in [1.807, 2.05) is 0 Å². The third kappa shape index (κ3) is 4.37. The van der Waals surface area contributed by atoms with Crippen LogP contribution in [-0.4, -0.2) is 22.0 Å². The molecule has 0 amide bonds. The molecule has 1 heterocycles. The van der Waals surface area contributed by atoms with Crippen molar-refractivity contribution < 1.29 is 27.2 Å². The second-order valence-electron chi connectivity index (χ2n) is 5.46. The Morgan fingerprint density at radius 3 is 2.36 bits per heavy atom. The minimum Gasteiger partial charge on any atom is -0.313 e. The van der Waals surface area contributed by atoms with Gasteiger partial charge in [0.25, 0.3) is 0 Å². The van der Waals surface area contributed by atoms with Crippen molar-refractivity contribution in [2.45, 2.75) is 6.18 Å². The number of halogens is 5. The van der Waals surface area contributed by atoms with Crippen molar-refractivity contribution in [1.29, 1.82) is 0 Å². The first-order valence-electron chi connectivity index (χ1n) is 7.67. The van der Waals surface area contributed by atoms with E-state index in [-0.39, 0.29) is 5.69 Å². The van der Waals surface area contributed by atoms with Gasteiger partial charge in [-0.3, -0.25) is 0 Å². The minimum atomic E-state index is -4.88. The molecule has 5 nitrogen and oxygen atoms in total. The molecular formula is C18H10ClF4N3O2. The van der Waals surface area contributed by atoms with Gasteiger partial charge in [0.15, 0.2) is 5.69 Å². The van der Waals surface area contributed by atoms with Crippen LogP contribution in [-0.2, 0) is 11.0 Å². The Morgan fingerprint density at radius 2 is 1.75 bits per heavy atom. The van der Waals surface area contributed by atoms with E-state index in [0.717, 1.165) is 24.5 Å². The highest BCUT2D eigenvalue weighted by molar-refractivity contribution is 6.30. The number of oxime groups is 1. The Morgan fingerprint density at radius 1 is 1.11 bits per heavy atom. The van der Waals surface area contributed by atoms with Gasteiger partial charge in [0.2, 0.25) is 0 Å². The second-order valence-corrected chi connectivity index (χ2v) is 5.89. The van der Waals surface area contributed by atoms with Crippen LogP contribution in [0, 0.1) is 5.82 Å². The van der Waals surface area contributed by atoms with Crippen LogP contribution >= 0.6 is 11.6 Å². The Kier molecular flexibility index (Phi) is 5.46. The zero-order valence-corrected chi connectivity index (χ0v) is 14.6. The van der Waals surface area contributed by atoms with E-state index in [9.17, 15) is 22.4 Å². The van der Waals surface area contributed by atoms with Crippen LogP contribution < -0.4 is 0 Å². The van der Waals surface area contributed by atoms with E-state index in [4.69, 9.17) is 11.6 Å². The maximum Gasteiger partial charge on any atom is 0.434 e. The number of alkyl halides is 3. The van der Waals surface area contributed by atoms with E-state index in [0.29, 0.717) is 15.3 Å². The molecule has 0 aliphatic heterocycles. The summed E-state index contributed by atoms with van der Waals surface area (Å²) in [7, 11) is 0. The molecule has 144 valence electrons. The molecule has 28 heavy (non-hydrogen) atoms. The number of nitrogens with zero attached hydrogens (tertiary/aromatic N) is 3. The predicted octanol–water partition coefficient (Wildman–Crippen LogP) is 4.87. The van der Waals surface area contributed by atoms with Crippen LogP contribution in [0.3, 0.4) is 0 Å². The van der Waals surface area contributed by atoms with E-state index in [1.54, 1.807) is 0 Å². The number of aromatic nitrogens is 2. The van der Waals surface area contributed by atoms with E-state index < -0.39 is 29.2 Å². The molecule has 3 aromatic rings. The minimum absolute atomic E-state index is 0.0607. The van der Waals surface area contributed by atoms with Gasteiger partial charge in [-0.15, -0.1) is 0 Å². The van der Waals surface area contributed by atoms with Crippen LogP contribution in [0.5, 0.6) is 0 Å². The van der Waals surface area contributed by atoms with Gasteiger partial charge in [-0.05, 0) is 42.0 Å². The maximum atomic E-state index is 13.5. The summed E-state index contributed by atoms with van der Waals surface area (Å²) in [5.74, 6) is -1.82. The summed E-state index contributed by atoms with van der Waals surface area (Å²) in [6.07, 6.45) is -3.08. The standard InChI is InChI=1S/C18H10ClF4N3O2/c19-12-3-7-14(8-4-12)26-16(18(21,22)23)15(10-24-26)17(27)28-25-9-11-1-5-13(20)6-2-11/h1-10H. The molecule has 0 unspecified atom stereocenters. The average Bonchev–Trinajstić information content (AvgIpc) is 3.09. The lowest BCUT2D eigenvalue weighted by atomic mass is 10.2.